The Morgan fingerprint density at radius 3 is 2.39 bits per heavy atom. The summed E-state index contributed by atoms with van der Waals surface area (Å²) < 4.78 is 43.4. The summed E-state index contributed by atoms with van der Waals surface area (Å²) in [6.07, 6.45) is 0. The second-order valence-corrected chi connectivity index (χ2v) is 4.18. The van der Waals surface area contributed by atoms with E-state index in [0.29, 0.717) is 17.5 Å². The molecule has 0 saturated carbocycles. The second kappa shape index (κ2) is 6.75. The lowest BCUT2D eigenvalue weighted by Crippen LogP contribution is -2.39. The van der Waals surface area contributed by atoms with Gasteiger partial charge in [0.05, 0.1) is 12.6 Å². The molecule has 18 heavy (non-hydrogen) atoms. The maximum atomic E-state index is 12.9. The summed E-state index contributed by atoms with van der Waals surface area (Å²) in [4.78, 5) is 11.7. The van der Waals surface area contributed by atoms with Crippen molar-refractivity contribution in [1.29, 1.82) is 0 Å². The first-order valence-electron chi connectivity index (χ1n) is 5.00. The van der Waals surface area contributed by atoms with E-state index in [0.717, 1.165) is 0 Å². The number of methoxy groups -OCH3 is 1. The molecule has 0 aliphatic rings. The first-order valence-corrected chi connectivity index (χ1v) is 6.12. The number of benzene rings is 1. The molecule has 0 heterocycles. The molecule has 0 aliphatic heterocycles. The molecule has 0 aromatic heterocycles. The minimum absolute atomic E-state index is 0.239. The van der Waals surface area contributed by atoms with Crippen LogP contribution in [0.15, 0.2) is 12.1 Å². The zero-order chi connectivity index (χ0) is 13.7. The van der Waals surface area contributed by atoms with E-state index >= 15 is 0 Å². The molecule has 0 aliphatic carbocycles. The molecule has 7 heteroatoms. The Balaban J connectivity index is 2.84. The maximum Gasteiger partial charge on any atom is 0.251 e. The van der Waals surface area contributed by atoms with Crippen LogP contribution < -0.4 is 5.32 Å². The van der Waals surface area contributed by atoms with Crippen LogP contribution in [0.2, 0.25) is 0 Å². The summed E-state index contributed by atoms with van der Waals surface area (Å²) in [5.41, 5.74) is -0.284. The average Bonchev–Trinajstić information content (AvgIpc) is 2.34. The van der Waals surface area contributed by atoms with E-state index in [4.69, 9.17) is 4.74 Å². The van der Waals surface area contributed by atoms with Gasteiger partial charge in [-0.3, -0.25) is 4.79 Å². The van der Waals surface area contributed by atoms with Crippen LogP contribution in [0.1, 0.15) is 10.4 Å². The molecule has 0 saturated heterocycles. The number of carbonyl (C=O) groups excluding carboxylic acids is 1. The molecule has 1 rings (SSSR count). The molecule has 0 fully saturated rings. The van der Waals surface area contributed by atoms with Gasteiger partial charge in [-0.15, -0.1) is 0 Å². The minimum atomic E-state index is -1.60. The summed E-state index contributed by atoms with van der Waals surface area (Å²) in [5, 5.41) is 2.91. The SMILES string of the molecule is COCC(CBr)NC(=O)c1cc(F)c(F)c(F)c1. The molecule has 0 radical (unpaired) electrons. The fourth-order valence-electron chi connectivity index (χ4n) is 1.28. The Morgan fingerprint density at radius 1 is 1.39 bits per heavy atom. The average molecular weight is 326 g/mol. The molecular formula is C11H11BrF3NO2. The first kappa shape index (κ1) is 15.0. The Kier molecular flexibility index (Phi) is 5.61. The monoisotopic (exact) mass is 325 g/mol. The number of alkyl halides is 1. The number of carbonyl (C=O) groups is 1. The van der Waals surface area contributed by atoms with Crippen LogP contribution in [0.25, 0.3) is 0 Å². The van der Waals surface area contributed by atoms with Gasteiger partial charge < -0.3 is 10.1 Å². The van der Waals surface area contributed by atoms with E-state index in [1.165, 1.54) is 7.11 Å². The zero-order valence-corrected chi connectivity index (χ0v) is 11.1. The summed E-state index contributed by atoms with van der Waals surface area (Å²) in [6, 6.07) is 0.941. The minimum Gasteiger partial charge on any atom is -0.383 e. The molecule has 1 N–H and O–H groups in total. The number of amides is 1. The summed E-state index contributed by atoms with van der Waals surface area (Å²) in [6.45, 7) is 0.239. The third-order valence-corrected chi connectivity index (χ3v) is 2.92. The standard InChI is InChI=1S/C11H11BrF3NO2/c1-18-5-7(4-12)16-11(17)6-2-8(13)10(15)9(14)3-6/h2-3,7H,4-5H2,1H3,(H,16,17). The van der Waals surface area contributed by atoms with Gasteiger partial charge in [0.1, 0.15) is 0 Å². The summed E-state index contributed by atoms with van der Waals surface area (Å²) in [7, 11) is 1.46. The van der Waals surface area contributed by atoms with Gasteiger partial charge in [-0.1, -0.05) is 15.9 Å². The van der Waals surface area contributed by atoms with Crippen LogP contribution in [0.5, 0.6) is 0 Å². The largest absolute Gasteiger partial charge is 0.383 e. The van der Waals surface area contributed by atoms with Crippen LogP contribution >= 0.6 is 15.9 Å². The highest BCUT2D eigenvalue weighted by atomic mass is 79.9. The van der Waals surface area contributed by atoms with Crippen molar-refractivity contribution in [3.8, 4) is 0 Å². The number of hydrogen-bond donors (Lipinski definition) is 1. The van der Waals surface area contributed by atoms with Crippen LogP contribution in [0, 0.1) is 17.5 Å². The first-order chi connectivity index (χ1) is 8.49. The van der Waals surface area contributed by atoms with E-state index in [1.807, 2.05) is 0 Å². The highest BCUT2D eigenvalue weighted by Crippen LogP contribution is 2.13. The van der Waals surface area contributed by atoms with E-state index in [1.54, 1.807) is 0 Å². The molecule has 100 valence electrons. The number of halogens is 4. The van der Waals surface area contributed by atoms with Gasteiger partial charge in [0.15, 0.2) is 17.5 Å². The predicted molar refractivity (Wildman–Crippen MR) is 63.2 cm³/mol. The number of rotatable bonds is 5. The van der Waals surface area contributed by atoms with Crippen LogP contribution in [-0.2, 0) is 4.74 Å². The van der Waals surface area contributed by atoms with Gasteiger partial charge in [0.25, 0.3) is 5.91 Å². The molecule has 1 aromatic rings. The van der Waals surface area contributed by atoms with E-state index in [-0.39, 0.29) is 18.2 Å². The fourth-order valence-corrected chi connectivity index (χ4v) is 1.63. The third kappa shape index (κ3) is 3.71. The molecule has 3 nitrogen and oxygen atoms in total. The molecule has 0 bridgehead atoms. The van der Waals surface area contributed by atoms with E-state index in [2.05, 4.69) is 21.2 Å². The molecule has 1 atom stereocenters. The topological polar surface area (TPSA) is 38.3 Å². The Morgan fingerprint density at radius 2 is 1.94 bits per heavy atom. The predicted octanol–water partition coefficient (Wildman–Crippen LogP) is 2.24. The highest BCUT2D eigenvalue weighted by molar-refractivity contribution is 9.09. The summed E-state index contributed by atoms with van der Waals surface area (Å²) >= 11 is 3.16. The van der Waals surface area contributed by atoms with Crippen molar-refractivity contribution < 1.29 is 22.7 Å². The van der Waals surface area contributed by atoms with Gasteiger partial charge in [-0.2, -0.15) is 0 Å². The molecular weight excluding hydrogens is 315 g/mol. The van der Waals surface area contributed by atoms with Crippen molar-refractivity contribution in [3.05, 3.63) is 35.1 Å². The van der Waals surface area contributed by atoms with Crippen molar-refractivity contribution >= 4 is 21.8 Å². The lowest BCUT2D eigenvalue weighted by Gasteiger charge is -2.15. The second-order valence-electron chi connectivity index (χ2n) is 3.53. The van der Waals surface area contributed by atoms with Crippen molar-refractivity contribution in [1.82, 2.24) is 5.32 Å². The quantitative estimate of drug-likeness (QED) is 0.666. The maximum absolute atomic E-state index is 12.9. The van der Waals surface area contributed by atoms with Crippen molar-refractivity contribution in [2.24, 2.45) is 0 Å². The van der Waals surface area contributed by atoms with Crippen LogP contribution in [-0.4, -0.2) is 31.0 Å². The fraction of sp³-hybridized carbons (Fsp3) is 0.364. The van der Waals surface area contributed by atoms with Crippen molar-refractivity contribution in [3.63, 3.8) is 0 Å². The summed E-state index contributed by atoms with van der Waals surface area (Å²) in [5.74, 6) is -5.10. The van der Waals surface area contributed by atoms with Crippen LogP contribution in [0.4, 0.5) is 13.2 Å². The highest BCUT2D eigenvalue weighted by Gasteiger charge is 2.17. The lowest BCUT2D eigenvalue weighted by atomic mass is 10.2. The van der Waals surface area contributed by atoms with Gasteiger partial charge in [0, 0.05) is 18.0 Å². The smallest absolute Gasteiger partial charge is 0.251 e. The zero-order valence-electron chi connectivity index (χ0n) is 9.47. The van der Waals surface area contributed by atoms with Gasteiger partial charge >= 0.3 is 0 Å². The third-order valence-electron chi connectivity index (χ3n) is 2.14. The van der Waals surface area contributed by atoms with Gasteiger partial charge in [-0.25, -0.2) is 13.2 Å². The Bertz CT molecular complexity index is 419. The van der Waals surface area contributed by atoms with E-state index in [9.17, 15) is 18.0 Å². The molecule has 1 amide bonds. The number of hydrogen-bond acceptors (Lipinski definition) is 2. The molecule has 0 spiro atoms. The van der Waals surface area contributed by atoms with E-state index < -0.39 is 23.4 Å². The van der Waals surface area contributed by atoms with Crippen LogP contribution in [0.3, 0.4) is 0 Å². The molecule has 1 aromatic carbocycles. The molecule has 1 unspecified atom stereocenters. The van der Waals surface area contributed by atoms with Gasteiger partial charge in [-0.05, 0) is 12.1 Å². The van der Waals surface area contributed by atoms with Crippen molar-refractivity contribution in [2.75, 3.05) is 19.0 Å². The van der Waals surface area contributed by atoms with Gasteiger partial charge in [0.2, 0.25) is 0 Å². The normalized spacial score (nSPS) is 12.3. The Labute approximate surface area is 110 Å². The lowest BCUT2D eigenvalue weighted by molar-refractivity contribution is 0.0906. The number of nitrogens with one attached hydrogen (secondary N) is 1. The Hall–Kier alpha value is -1.08. The van der Waals surface area contributed by atoms with Crippen molar-refractivity contribution in [2.45, 2.75) is 6.04 Å². The number of ether oxygens (including phenoxy) is 1.